The summed E-state index contributed by atoms with van der Waals surface area (Å²) in [5, 5.41) is 5.74. The van der Waals surface area contributed by atoms with Crippen molar-refractivity contribution in [2.45, 2.75) is 20.3 Å². The van der Waals surface area contributed by atoms with Gasteiger partial charge in [0.25, 0.3) is 5.91 Å². The van der Waals surface area contributed by atoms with Crippen LogP contribution in [-0.4, -0.2) is 18.5 Å². The van der Waals surface area contributed by atoms with Gasteiger partial charge in [-0.1, -0.05) is 30.3 Å². The molecule has 2 N–H and O–H groups in total. The number of aryl methyl sites for hydroxylation is 2. The number of anilines is 3. The van der Waals surface area contributed by atoms with Gasteiger partial charge >= 0.3 is 6.03 Å². The van der Waals surface area contributed by atoms with Crippen molar-refractivity contribution >= 4 is 29.0 Å². The Hall–Kier alpha value is -3.60. The summed E-state index contributed by atoms with van der Waals surface area (Å²) in [6.07, 6.45) is 0.808. The minimum Gasteiger partial charge on any atom is -0.308 e. The molecule has 5 nitrogen and oxygen atoms in total. The molecule has 0 aliphatic carbocycles. The Morgan fingerprint density at radius 2 is 1.52 bits per heavy atom. The van der Waals surface area contributed by atoms with Crippen LogP contribution in [0.15, 0.2) is 66.7 Å². The SMILES string of the molecule is Cc1cc(C)cc(NC(=O)Nc2ccc3c(c2)N(C(=O)c2ccccc2)CC3)c1. The number of hydrogen-bond donors (Lipinski definition) is 2. The van der Waals surface area contributed by atoms with Crippen LogP contribution in [0.2, 0.25) is 0 Å². The third kappa shape index (κ3) is 4.14. The van der Waals surface area contributed by atoms with Crippen molar-refractivity contribution in [1.29, 1.82) is 0 Å². The highest BCUT2D eigenvalue weighted by molar-refractivity contribution is 6.08. The molecule has 0 saturated carbocycles. The van der Waals surface area contributed by atoms with Crippen LogP contribution < -0.4 is 15.5 Å². The van der Waals surface area contributed by atoms with Gasteiger partial charge in [0.1, 0.15) is 0 Å². The lowest BCUT2D eigenvalue weighted by Crippen LogP contribution is -2.29. The number of nitrogens with one attached hydrogen (secondary N) is 2. The summed E-state index contributed by atoms with van der Waals surface area (Å²) in [4.78, 5) is 27.1. The van der Waals surface area contributed by atoms with Gasteiger partial charge in [0.2, 0.25) is 0 Å². The first kappa shape index (κ1) is 18.7. The number of amides is 3. The first-order valence-corrected chi connectivity index (χ1v) is 9.66. The van der Waals surface area contributed by atoms with Crippen molar-refractivity contribution in [3.05, 3.63) is 89.0 Å². The van der Waals surface area contributed by atoms with E-state index < -0.39 is 0 Å². The van der Waals surface area contributed by atoms with Gasteiger partial charge in [-0.3, -0.25) is 4.79 Å². The Kier molecular flexibility index (Phi) is 5.04. The van der Waals surface area contributed by atoms with E-state index in [1.165, 1.54) is 0 Å². The highest BCUT2D eigenvalue weighted by atomic mass is 16.2. The average Bonchev–Trinajstić information content (AvgIpc) is 3.10. The zero-order valence-electron chi connectivity index (χ0n) is 16.5. The predicted octanol–water partition coefficient (Wildman–Crippen LogP) is 5.15. The van der Waals surface area contributed by atoms with Crippen LogP contribution in [0.25, 0.3) is 0 Å². The van der Waals surface area contributed by atoms with Crippen molar-refractivity contribution in [2.75, 3.05) is 22.1 Å². The molecule has 1 aliphatic rings. The zero-order valence-corrected chi connectivity index (χ0v) is 16.5. The number of fused-ring (bicyclic) bond motifs is 1. The molecule has 0 radical (unpaired) electrons. The highest BCUT2D eigenvalue weighted by Crippen LogP contribution is 2.32. The Morgan fingerprint density at radius 1 is 0.828 bits per heavy atom. The van der Waals surface area contributed by atoms with Gasteiger partial charge in [0.05, 0.1) is 0 Å². The van der Waals surface area contributed by atoms with E-state index in [0.29, 0.717) is 17.8 Å². The minimum absolute atomic E-state index is 0.0267. The molecule has 0 saturated heterocycles. The van der Waals surface area contributed by atoms with Crippen LogP contribution in [-0.2, 0) is 6.42 Å². The van der Waals surface area contributed by atoms with Crippen LogP contribution >= 0.6 is 0 Å². The fourth-order valence-corrected chi connectivity index (χ4v) is 3.74. The molecule has 1 aliphatic heterocycles. The van der Waals surface area contributed by atoms with Crippen molar-refractivity contribution in [1.82, 2.24) is 0 Å². The molecule has 0 bridgehead atoms. The van der Waals surface area contributed by atoms with E-state index in [4.69, 9.17) is 0 Å². The lowest BCUT2D eigenvalue weighted by Gasteiger charge is -2.18. The number of carbonyl (C=O) groups excluding carboxylic acids is 2. The molecule has 3 aromatic rings. The maximum Gasteiger partial charge on any atom is 0.323 e. The van der Waals surface area contributed by atoms with Crippen molar-refractivity contribution < 1.29 is 9.59 Å². The van der Waals surface area contributed by atoms with Crippen LogP contribution in [0.1, 0.15) is 27.0 Å². The molecule has 4 rings (SSSR count). The first-order valence-electron chi connectivity index (χ1n) is 9.66. The van der Waals surface area contributed by atoms with Crippen LogP contribution in [0, 0.1) is 13.8 Å². The summed E-state index contributed by atoms with van der Waals surface area (Å²) < 4.78 is 0. The summed E-state index contributed by atoms with van der Waals surface area (Å²) in [7, 11) is 0. The Bertz CT molecular complexity index is 1060. The highest BCUT2D eigenvalue weighted by Gasteiger charge is 2.25. The number of nitrogens with zero attached hydrogens (tertiary/aromatic N) is 1. The molecule has 29 heavy (non-hydrogen) atoms. The molecule has 146 valence electrons. The number of rotatable bonds is 3. The summed E-state index contributed by atoms with van der Waals surface area (Å²) in [6.45, 7) is 4.63. The quantitative estimate of drug-likeness (QED) is 0.655. The minimum atomic E-state index is -0.311. The van der Waals surface area contributed by atoms with E-state index in [0.717, 1.165) is 34.5 Å². The van der Waals surface area contributed by atoms with E-state index >= 15 is 0 Å². The summed E-state index contributed by atoms with van der Waals surface area (Å²) in [5.74, 6) is -0.0267. The maximum absolute atomic E-state index is 12.9. The molecule has 1 heterocycles. The van der Waals surface area contributed by atoms with Crippen LogP contribution in [0.3, 0.4) is 0 Å². The Balaban J connectivity index is 1.50. The smallest absolute Gasteiger partial charge is 0.308 e. The van der Waals surface area contributed by atoms with E-state index in [9.17, 15) is 9.59 Å². The van der Waals surface area contributed by atoms with Crippen LogP contribution in [0.5, 0.6) is 0 Å². The molecule has 0 unspecified atom stereocenters. The van der Waals surface area contributed by atoms with E-state index in [-0.39, 0.29) is 11.9 Å². The third-order valence-corrected chi connectivity index (χ3v) is 4.98. The summed E-state index contributed by atoms with van der Waals surface area (Å²) >= 11 is 0. The van der Waals surface area contributed by atoms with E-state index in [2.05, 4.69) is 16.7 Å². The van der Waals surface area contributed by atoms with Gasteiger partial charge in [-0.15, -0.1) is 0 Å². The van der Waals surface area contributed by atoms with Crippen molar-refractivity contribution in [3.8, 4) is 0 Å². The zero-order chi connectivity index (χ0) is 20.4. The molecule has 5 heteroatoms. The molecule has 3 amide bonds. The average molecular weight is 385 g/mol. The fourth-order valence-electron chi connectivity index (χ4n) is 3.74. The monoisotopic (exact) mass is 385 g/mol. The summed E-state index contributed by atoms with van der Waals surface area (Å²) in [6, 6.07) is 20.6. The third-order valence-electron chi connectivity index (χ3n) is 4.98. The second-order valence-electron chi connectivity index (χ2n) is 7.37. The maximum atomic E-state index is 12.9. The molecular formula is C24H23N3O2. The van der Waals surface area contributed by atoms with Gasteiger partial charge in [-0.2, -0.15) is 0 Å². The fraction of sp³-hybridized carbons (Fsp3) is 0.167. The standard InChI is InChI=1S/C24H23N3O2/c1-16-12-17(2)14-21(13-16)26-24(29)25-20-9-8-18-10-11-27(22(18)15-20)23(28)19-6-4-3-5-7-19/h3-9,12-15H,10-11H2,1-2H3,(H2,25,26,29). The second kappa shape index (κ2) is 7.80. The molecule has 0 fully saturated rings. The predicted molar refractivity (Wildman–Crippen MR) is 117 cm³/mol. The van der Waals surface area contributed by atoms with E-state index in [1.54, 1.807) is 4.90 Å². The van der Waals surface area contributed by atoms with Gasteiger partial charge in [0, 0.05) is 29.2 Å². The lowest BCUT2D eigenvalue weighted by atomic mass is 10.1. The van der Waals surface area contributed by atoms with Gasteiger partial charge in [-0.05, 0) is 73.4 Å². The molecule has 0 atom stereocenters. The van der Waals surface area contributed by atoms with Gasteiger partial charge in [0.15, 0.2) is 0 Å². The van der Waals surface area contributed by atoms with E-state index in [1.807, 2.05) is 74.5 Å². The molecule has 0 aromatic heterocycles. The Labute approximate surface area is 170 Å². The molecule has 3 aromatic carbocycles. The first-order chi connectivity index (χ1) is 14.0. The molecule has 0 spiro atoms. The van der Waals surface area contributed by atoms with Gasteiger partial charge < -0.3 is 15.5 Å². The van der Waals surface area contributed by atoms with Crippen molar-refractivity contribution in [3.63, 3.8) is 0 Å². The number of benzene rings is 3. The van der Waals surface area contributed by atoms with Gasteiger partial charge in [-0.25, -0.2) is 4.79 Å². The topological polar surface area (TPSA) is 61.4 Å². The second-order valence-corrected chi connectivity index (χ2v) is 7.37. The van der Waals surface area contributed by atoms with Crippen LogP contribution in [0.4, 0.5) is 21.9 Å². The lowest BCUT2D eigenvalue weighted by molar-refractivity contribution is 0.0989. The number of carbonyl (C=O) groups is 2. The summed E-state index contributed by atoms with van der Waals surface area (Å²) in [5.41, 5.74) is 6.20. The number of hydrogen-bond acceptors (Lipinski definition) is 2. The largest absolute Gasteiger partial charge is 0.323 e. The normalized spacial score (nSPS) is 12.4. The number of urea groups is 1. The Morgan fingerprint density at radius 3 is 2.24 bits per heavy atom. The molecular weight excluding hydrogens is 362 g/mol. The van der Waals surface area contributed by atoms with Crippen molar-refractivity contribution in [2.24, 2.45) is 0 Å².